The minimum atomic E-state index is -1.59. The average molecular weight is 332 g/mol. The number of ketones is 1. The molecule has 0 aliphatic rings. The van der Waals surface area contributed by atoms with Crippen molar-refractivity contribution < 1.29 is 28.3 Å². The van der Waals surface area contributed by atoms with Crippen LogP contribution in [0, 0.1) is 0 Å². The molecule has 0 heterocycles. The van der Waals surface area contributed by atoms with E-state index in [2.05, 4.69) is 24.4 Å². The van der Waals surface area contributed by atoms with Crippen molar-refractivity contribution in [2.45, 2.75) is 53.8 Å². The van der Waals surface area contributed by atoms with Crippen LogP contribution >= 0.6 is 0 Å². The largest absolute Gasteiger partial charge is 0.547 e. The normalized spacial score (nSPS) is 11.0. The summed E-state index contributed by atoms with van der Waals surface area (Å²) >= 11 is 0. The van der Waals surface area contributed by atoms with Crippen molar-refractivity contribution in [1.29, 1.82) is 0 Å². The van der Waals surface area contributed by atoms with Crippen LogP contribution in [0.3, 0.4) is 0 Å². The predicted molar refractivity (Wildman–Crippen MR) is 86.8 cm³/mol. The van der Waals surface area contributed by atoms with Crippen molar-refractivity contribution in [1.82, 2.24) is 0 Å². The molecule has 0 aromatic heterocycles. The van der Waals surface area contributed by atoms with Gasteiger partial charge in [-0.25, -0.2) is 4.79 Å². The third-order valence-corrected chi connectivity index (χ3v) is 2.71. The molecule has 0 aromatic rings. The molecule has 0 unspecified atom stereocenters. The van der Waals surface area contributed by atoms with Crippen molar-refractivity contribution in [2.24, 2.45) is 0 Å². The fourth-order valence-corrected chi connectivity index (χ4v) is 2.30. The Bertz CT molecular complexity index is 395. The van der Waals surface area contributed by atoms with Crippen LogP contribution in [0.5, 0.6) is 0 Å². The average Bonchev–Trinajstić information content (AvgIpc) is 2.25. The van der Waals surface area contributed by atoms with Crippen LogP contribution in [-0.4, -0.2) is 39.3 Å². The maximum Gasteiger partial charge on any atom is 0.334 e. The quantitative estimate of drug-likeness (QED) is 0.234. The van der Waals surface area contributed by atoms with E-state index < -0.39 is 14.3 Å². The Morgan fingerprint density at radius 2 is 1.45 bits per heavy atom. The number of hydrogen-bond acceptors (Lipinski definition) is 6. The zero-order chi connectivity index (χ0) is 17.8. The van der Waals surface area contributed by atoms with Crippen LogP contribution < -0.4 is 0 Å². The van der Waals surface area contributed by atoms with Gasteiger partial charge in [0, 0.05) is 0 Å². The summed E-state index contributed by atoms with van der Waals surface area (Å²) in [5, 5.41) is 0. The van der Waals surface area contributed by atoms with E-state index in [9.17, 15) is 14.4 Å². The first kappa shape index (κ1) is 22.6. The minimum Gasteiger partial charge on any atom is -0.547 e. The Hall–Kier alpha value is -1.63. The Morgan fingerprint density at radius 1 is 0.955 bits per heavy atom. The lowest BCUT2D eigenvalue weighted by atomic mass is 10.3. The molecule has 0 atom stereocenters. The topological polar surface area (TPSA) is 78.9 Å². The van der Waals surface area contributed by atoms with Gasteiger partial charge >= 0.3 is 11.9 Å². The summed E-state index contributed by atoms with van der Waals surface area (Å²) in [6.45, 7) is 13.5. The van der Waals surface area contributed by atoms with Gasteiger partial charge < -0.3 is 13.9 Å². The van der Waals surface area contributed by atoms with Gasteiger partial charge in [0.1, 0.15) is 12.2 Å². The van der Waals surface area contributed by atoms with Crippen LogP contribution in [0.1, 0.15) is 34.1 Å². The lowest BCUT2D eigenvalue weighted by Crippen LogP contribution is -2.24. The molecule has 0 saturated carbocycles. The Balaban J connectivity index is 0. The maximum absolute atomic E-state index is 11.0. The van der Waals surface area contributed by atoms with Crippen molar-refractivity contribution in [2.75, 3.05) is 13.2 Å². The second-order valence-electron chi connectivity index (χ2n) is 5.41. The molecule has 0 aromatic carbocycles. The first-order valence-electron chi connectivity index (χ1n) is 7.20. The van der Waals surface area contributed by atoms with Gasteiger partial charge in [0.25, 0.3) is 0 Å². The summed E-state index contributed by atoms with van der Waals surface area (Å²) in [6.07, 6.45) is 1.29. The number of Topliss-reactive ketones (excluding diaryl/α,β-unsaturated/α-hetero) is 1. The molecule has 0 spiro atoms. The summed E-state index contributed by atoms with van der Waals surface area (Å²) in [4.78, 5) is 31.6. The summed E-state index contributed by atoms with van der Waals surface area (Å²) in [6, 6.07) is 0. The molecule has 0 fully saturated rings. The monoisotopic (exact) mass is 332 g/mol. The number of carbonyl (C=O) groups excluding carboxylic acids is 3. The molecule has 128 valence electrons. The highest BCUT2D eigenvalue weighted by Crippen LogP contribution is 2.09. The first-order chi connectivity index (χ1) is 10.0. The number of allylic oxidation sites excluding steroid dienone is 1. The standard InChI is InChI=1S/C9H18O3Si.C6H10O3/c1-6-11-9(10)7-8(2)12-13(3,4)5;1-3-9-6(8)4-5(2)7/h7H,6H2,1-5H3;3-4H2,1-2H3/b8-7-;. The Labute approximate surface area is 133 Å². The molecule has 0 saturated heterocycles. The number of ether oxygens (including phenoxy) is 2. The van der Waals surface area contributed by atoms with Gasteiger partial charge in [0.15, 0.2) is 0 Å². The van der Waals surface area contributed by atoms with E-state index in [1.54, 1.807) is 20.8 Å². The molecule has 0 aliphatic carbocycles. The second kappa shape index (κ2) is 12.0. The third-order valence-electron chi connectivity index (χ3n) is 1.77. The van der Waals surface area contributed by atoms with Crippen LogP contribution in [0.2, 0.25) is 19.6 Å². The van der Waals surface area contributed by atoms with Gasteiger partial charge in [-0.3, -0.25) is 9.59 Å². The highest BCUT2D eigenvalue weighted by atomic mass is 28.4. The number of hydrogen-bond donors (Lipinski definition) is 0. The van der Waals surface area contributed by atoms with Crippen LogP contribution in [0.15, 0.2) is 11.8 Å². The molecule has 0 N–H and O–H groups in total. The fraction of sp³-hybridized carbons (Fsp3) is 0.667. The number of rotatable bonds is 7. The van der Waals surface area contributed by atoms with E-state index in [0.717, 1.165) is 0 Å². The van der Waals surface area contributed by atoms with Crippen molar-refractivity contribution in [3.63, 3.8) is 0 Å². The second-order valence-corrected chi connectivity index (χ2v) is 9.83. The lowest BCUT2D eigenvalue weighted by molar-refractivity contribution is -0.145. The summed E-state index contributed by atoms with van der Waals surface area (Å²) in [5.41, 5.74) is 0. The van der Waals surface area contributed by atoms with Gasteiger partial charge in [-0.2, -0.15) is 0 Å². The van der Waals surface area contributed by atoms with E-state index in [0.29, 0.717) is 19.0 Å². The van der Waals surface area contributed by atoms with Gasteiger partial charge in [-0.1, -0.05) is 0 Å². The van der Waals surface area contributed by atoms with Gasteiger partial charge in [-0.05, 0) is 47.3 Å². The highest BCUT2D eigenvalue weighted by Gasteiger charge is 2.16. The third kappa shape index (κ3) is 18.4. The molecular weight excluding hydrogens is 304 g/mol. The molecule has 0 aliphatic heterocycles. The Kier molecular flexibility index (Phi) is 12.3. The molecule has 22 heavy (non-hydrogen) atoms. The van der Waals surface area contributed by atoms with Crippen LogP contribution in [0.4, 0.5) is 0 Å². The van der Waals surface area contributed by atoms with E-state index in [4.69, 9.17) is 9.16 Å². The SMILES string of the molecule is CCOC(=O)/C=C(/C)O[Si](C)(C)C.CCOC(=O)CC(C)=O. The molecule has 0 radical (unpaired) electrons. The summed E-state index contributed by atoms with van der Waals surface area (Å²) in [7, 11) is -1.59. The molecule has 0 rings (SSSR count). The van der Waals surface area contributed by atoms with Crippen molar-refractivity contribution in [3.05, 3.63) is 11.8 Å². The fourth-order valence-electron chi connectivity index (χ4n) is 1.28. The Morgan fingerprint density at radius 3 is 1.82 bits per heavy atom. The zero-order valence-electron chi connectivity index (χ0n) is 14.6. The molecular formula is C15H28O6Si. The molecule has 0 amide bonds. The van der Waals surface area contributed by atoms with Crippen LogP contribution in [-0.2, 0) is 28.3 Å². The highest BCUT2D eigenvalue weighted by molar-refractivity contribution is 6.70. The van der Waals surface area contributed by atoms with Gasteiger partial charge in [0.2, 0.25) is 8.32 Å². The van der Waals surface area contributed by atoms with E-state index in [-0.39, 0.29) is 18.2 Å². The van der Waals surface area contributed by atoms with Gasteiger partial charge in [0.05, 0.1) is 25.0 Å². The molecule has 0 bridgehead atoms. The summed E-state index contributed by atoms with van der Waals surface area (Å²) < 4.78 is 14.8. The van der Waals surface area contributed by atoms with E-state index >= 15 is 0 Å². The first-order valence-corrected chi connectivity index (χ1v) is 10.6. The molecule has 7 heteroatoms. The minimum absolute atomic E-state index is 0.103. The zero-order valence-corrected chi connectivity index (χ0v) is 15.6. The number of esters is 2. The van der Waals surface area contributed by atoms with Crippen molar-refractivity contribution in [3.8, 4) is 0 Å². The lowest BCUT2D eigenvalue weighted by Gasteiger charge is -2.19. The van der Waals surface area contributed by atoms with Gasteiger partial charge in [-0.15, -0.1) is 0 Å². The predicted octanol–water partition coefficient (Wildman–Crippen LogP) is 2.83. The van der Waals surface area contributed by atoms with E-state index in [1.165, 1.54) is 13.0 Å². The number of carbonyl (C=O) groups is 3. The van der Waals surface area contributed by atoms with Crippen molar-refractivity contribution >= 4 is 26.0 Å². The van der Waals surface area contributed by atoms with Crippen LogP contribution in [0.25, 0.3) is 0 Å². The smallest absolute Gasteiger partial charge is 0.334 e. The summed E-state index contributed by atoms with van der Waals surface area (Å²) in [5.74, 6) is -0.297. The van der Waals surface area contributed by atoms with E-state index in [1.807, 2.05) is 0 Å². The maximum atomic E-state index is 11.0. The molecule has 6 nitrogen and oxygen atoms in total.